The third-order valence-electron chi connectivity index (χ3n) is 2.79. The lowest BCUT2D eigenvalue weighted by molar-refractivity contribution is 0.328. The molecule has 0 spiro atoms. The molecule has 0 amide bonds. The van der Waals surface area contributed by atoms with Gasteiger partial charge in [0.05, 0.1) is 18.6 Å². The Balaban J connectivity index is 2.11. The average molecular weight is 305 g/mol. The third kappa shape index (κ3) is 4.42. The number of guanidine groups is 1. The van der Waals surface area contributed by atoms with E-state index in [2.05, 4.69) is 16.2 Å². The lowest BCUT2D eigenvalue weighted by atomic mass is 10.2. The summed E-state index contributed by atoms with van der Waals surface area (Å²) >= 11 is 1.76. The van der Waals surface area contributed by atoms with Crippen LogP contribution in [0.4, 0.5) is 0 Å². The number of hydrogen-bond donors (Lipinski definition) is 2. The molecule has 0 aliphatic rings. The van der Waals surface area contributed by atoms with Crippen LogP contribution in [-0.2, 0) is 5.75 Å². The van der Waals surface area contributed by atoms with Gasteiger partial charge in [0, 0.05) is 18.1 Å². The van der Waals surface area contributed by atoms with Crippen molar-refractivity contribution in [2.45, 2.75) is 5.75 Å². The molecule has 6 nitrogen and oxygen atoms in total. The highest BCUT2D eigenvalue weighted by Gasteiger charge is 2.06. The van der Waals surface area contributed by atoms with Gasteiger partial charge in [-0.3, -0.25) is 4.99 Å². The Morgan fingerprint density at radius 3 is 2.95 bits per heavy atom. The van der Waals surface area contributed by atoms with Crippen LogP contribution in [0.25, 0.3) is 5.69 Å². The Bertz CT molecular complexity index is 593. The van der Waals surface area contributed by atoms with Gasteiger partial charge in [-0.2, -0.15) is 11.8 Å². The predicted molar refractivity (Wildman–Crippen MR) is 87.0 cm³/mol. The molecule has 0 radical (unpaired) electrons. The monoisotopic (exact) mass is 305 g/mol. The fourth-order valence-corrected chi connectivity index (χ4v) is 2.46. The van der Waals surface area contributed by atoms with Crippen molar-refractivity contribution in [3.05, 3.63) is 42.5 Å². The van der Waals surface area contributed by atoms with E-state index in [1.807, 2.05) is 29.0 Å². The maximum atomic E-state index is 5.66. The molecule has 0 fully saturated rings. The number of hydrogen-bond acceptors (Lipinski definition) is 4. The van der Waals surface area contributed by atoms with Crippen LogP contribution < -0.4 is 16.2 Å². The fourth-order valence-electron chi connectivity index (χ4n) is 1.91. The average Bonchev–Trinajstić information content (AvgIpc) is 2.98. The van der Waals surface area contributed by atoms with Gasteiger partial charge < -0.3 is 20.8 Å². The van der Waals surface area contributed by atoms with E-state index in [9.17, 15) is 0 Å². The standard InChI is InChI=1S/C14H19N5OS/c1-21-9-11-8-12(20-7-5-18-14(15)16)2-3-13(11)19-6-4-17-10-19/h2-4,6,8,10H,5,7,9H2,1H3,(H4,15,16,18). The van der Waals surface area contributed by atoms with Gasteiger partial charge in [0.15, 0.2) is 5.96 Å². The summed E-state index contributed by atoms with van der Waals surface area (Å²) in [5.41, 5.74) is 12.8. The van der Waals surface area contributed by atoms with Crippen molar-refractivity contribution in [1.82, 2.24) is 9.55 Å². The Morgan fingerprint density at radius 1 is 1.43 bits per heavy atom. The summed E-state index contributed by atoms with van der Waals surface area (Å²) in [5, 5.41) is 0. The minimum atomic E-state index is 0.0807. The molecule has 0 saturated carbocycles. The number of benzene rings is 1. The zero-order valence-corrected chi connectivity index (χ0v) is 12.7. The maximum absolute atomic E-state index is 5.66. The number of rotatable bonds is 7. The summed E-state index contributed by atoms with van der Waals surface area (Å²) in [7, 11) is 0. The highest BCUT2D eigenvalue weighted by Crippen LogP contribution is 2.24. The molecule has 1 heterocycles. The molecule has 0 atom stereocenters. The van der Waals surface area contributed by atoms with Crippen LogP contribution >= 0.6 is 11.8 Å². The van der Waals surface area contributed by atoms with Crippen molar-refractivity contribution in [2.75, 3.05) is 19.4 Å². The molecular formula is C14H19N5OS. The molecule has 0 saturated heterocycles. The molecular weight excluding hydrogens is 286 g/mol. The van der Waals surface area contributed by atoms with Gasteiger partial charge in [0.25, 0.3) is 0 Å². The van der Waals surface area contributed by atoms with Gasteiger partial charge >= 0.3 is 0 Å². The van der Waals surface area contributed by atoms with E-state index in [0.717, 1.165) is 17.2 Å². The number of nitrogens with two attached hydrogens (primary N) is 2. The first-order chi connectivity index (χ1) is 10.2. The summed E-state index contributed by atoms with van der Waals surface area (Å²) in [5.74, 6) is 1.80. The van der Waals surface area contributed by atoms with Gasteiger partial charge in [0.2, 0.25) is 0 Å². The van der Waals surface area contributed by atoms with Crippen molar-refractivity contribution in [1.29, 1.82) is 0 Å². The summed E-state index contributed by atoms with van der Waals surface area (Å²) in [6, 6.07) is 6.01. The molecule has 2 aromatic rings. The van der Waals surface area contributed by atoms with Gasteiger partial charge in [-0.1, -0.05) is 0 Å². The van der Waals surface area contributed by atoms with Crippen molar-refractivity contribution in [2.24, 2.45) is 16.5 Å². The van der Waals surface area contributed by atoms with Crippen molar-refractivity contribution >= 4 is 17.7 Å². The van der Waals surface area contributed by atoms with Crippen molar-refractivity contribution in [3.8, 4) is 11.4 Å². The number of aromatic nitrogens is 2. The van der Waals surface area contributed by atoms with Gasteiger partial charge in [-0.05, 0) is 30.0 Å². The number of ether oxygens (including phenoxy) is 1. The number of aliphatic imine (C=N–C) groups is 1. The van der Waals surface area contributed by atoms with E-state index in [-0.39, 0.29) is 5.96 Å². The highest BCUT2D eigenvalue weighted by atomic mass is 32.2. The predicted octanol–water partition coefficient (Wildman–Crippen LogP) is 1.39. The number of nitrogens with zero attached hydrogens (tertiary/aromatic N) is 3. The smallest absolute Gasteiger partial charge is 0.186 e. The first-order valence-corrected chi connectivity index (χ1v) is 7.88. The third-order valence-corrected chi connectivity index (χ3v) is 3.39. The zero-order valence-electron chi connectivity index (χ0n) is 11.9. The normalized spacial score (nSPS) is 10.3. The van der Waals surface area contributed by atoms with E-state index >= 15 is 0 Å². The van der Waals surface area contributed by atoms with Crippen molar-refractivity contribution in [3.63, 3.8) is 0 Å². The first kappa shape index (κ1) is 15.2. The molecule has 4 N–H and O–H groups in total. The maximum Gasteiger partial charge on any atom is 0.186 e. The van der Waals surface area contributed by atoms with Crippen LogP contribution in [0.15, 0.2) is 41.9 Å². The van der Waals surface area contributed by atoms with Crippen LogP contribution in [0.3, 0.4) is 0 Å². The summed E-state index contributed by atoms with van der Waals surface area (Å²) in [6.45, 7) is 0.893. The van der Waals surface area contributed by atoms with E-state index < -0.39 is 0 Å². The number of imidazole rings is 1. The van der Waals surface area contributed by atoms with Gasteiger partial charge in [-0.15, -0.1) is 0 Å². The minimum Gasteiger partial charge on any atom is -0.492 e. The molecule has 112 valence electrons. The highest BCUT2D eigenvalue weighted by molar-refractivity contribution is 7.97. The molecule has 21 heavy (non-hydrogen) atoms. The second-order valence-corrected chi connectivity index (χ2v) is 5.21. The molecule has 0 aliphatic heterocycles. The van der Waals surface area contributed by atoms with Crippen LogP contribution in [0.2, 0.25) is 0 Å². The topological polar surface area (TPSA) is 91.5 Å². The SMILES string of the molecule is CSCc1cc(OCCN=C(N)N)ccc1-n1ccnc1. The van der Waals surface area contributed by atoms with Crippen LogP contribution in [0, 0.1) is 0 Å². The Labute approximate surface area is 128 Å². The second kappa shape index (κ2) is 7.58. The van der Waals surface area contributed by atoms with E-state index in [0.29, 0.717) is 13.2 Å². The summed E-state index contributed by atoms with van der Waals surface area (Å²) in [6.07, 6.45) is 7.56. The van der Waals surface area contributed by atoms with Crippen LogP contribution in [0.5, 0.6) is 5.75 Å². The molecule has 0 unspecified atom stereocenters. The van der Waals surface area contributed by atoms with Gasteiger partial charge in [-0.25, -0.2) is 4.98 Å². The molecule has 1 aromatic heterocycles. The lowest BCUT2D eigenvalue weighted by Gasteiger charge is -2.12. The molecule has 7 heteroatoms. The Hall–Kier alpha value is -2.15. The summed E-state index contributed by atoms with van der Waals surface area (Å²) in [4.78, 5) is 7.97. The molecule has 2 rings (SSSR count). The van der Waals surface area contributed by atoms with E-state index in [1.165, 1.54) is 5.56 Å². The fraction of sp³-hybridized carbons (Fsp3) is 0.286. The quantitative estimate of drug-likeness (QED) is 0.458. The van der Waals surface area contributed by atoms with E-state index in [4.69, 9.17) is 16.2 Å². The number of thioether (sulfide) groups is 1. The van der Waals surface area contributed by atoms with Gasteiger partial charge in [0.1, 0.15) is 12.4 Å². The second-order valence-electron chi connectivity index (χ2n) is 4.35. The lowest BCUT2D eigenvalue weighted by Crippen LogP contribution is -2.23. The van der Waals surface area contributed by atoms with Crippen LogP contribution in [-0.4, -0.2) is 34.9 Å². The van der Waals surface area contributed by atoms with Crippen LogP contribution in [0.1, 0.15) is 5.56 Å². The van der Waals surface area contributed by atoms with E-state index in [1.54, 1.807) is 24.3 Å². The molecule has 0 aliphatic carbocycles. The zero-order chi connectivity index (χ0) is 15.1. The largest absolute Gasteiger partial charge is 0.492 e. The minimum absolute atomic E-state index is 0.0807. The molecule has 0 bridgehead atoms. The Kier molecular flexibility index (Phi) is 5.51. The Morgan fingerprint density at radius 2 is 2.29 bits per heavy atom. The first-order valence-electron chi connectivity index (χ1n) is 6.49. The van der Waals surface area contributed by atoms with Crippen molar-refractivity contribution < 1.29 is 4.74 Å². The molecule has 1 aromatic carbocycles. The summed E-state index contributed by atoms with van der Waals surface area (Å²) < 4.78 is 7.66.